The van der Waals surface area contributed by atoms with Crippen molar-refractivity contribution < 1.29 is 0 Å². The van der Waals surface area contributed by atoms with Crippen LogP contribution in [-0.2, 0) is 19.9 Å². The summed E-state index contributed by atoms with van der Waals surface area (Å²) in [5.74, 6) is 1.15. The molecular weight excluding hydrogens is 246 g/mol. The molecule has 2 aromatic rings. The third-order valence-electron chi connectivity index (χ3n) is 3.87. The number of likely N-dealkylation sites (N-methyl/N-ethyl adjacent to an activating group) is 1. The number of hydrogen-bond acceptors (Lipinski definition) is 2. The Hall–Kier alpha value is -1.61. The average Bonchev–Trinajstić information content (AvgIpc) is 2.83. The number of aryl methyl sites for hydroxylation is 3. The van der Waals surface area contributed by atoms with E-state index >= 15 is 0 Å². The lowest BCUT2D eigenvalue weighted by Gasteiger charge is -2.18. The van der Waals surface area contributed by atoms with E-state index in [1.54, 1.807) is 0 Å². The van der Waals surface area contributed by atoms with Crippen LogP contribution in [0.1, 0.15) is 30.3 Å². The molecule has 0 aliphatic heterocycles. The molecule has 1 aromatic carbocycles. The van der Waals surface area contributed by atoms with Gasteiger partial charge in [-0.3, -0.25) is 0 Å². The van der Waals surface area contributed by atoms with Crippen LogP contribution in [0.2, 0.25) is 0 Å². The predicted molar refractivity (Wildman–Crippen MR) is 83.9 cm³/mol. The summed E-state index contributed by atoms with van der Waals surface area (Å²) in [5.41, 5.74) is 2.84. The maximum atomic E-state index is 4.43. The van der Waals surface area contributed by atoms with Gasteiger partial charge in [0.15, 0.2) is 0 Å². The maximum Gasteiger partial charge on any atom is 0.109 e. The van der Waals surface area contributed by atoms with Gasteiger partial charge in [0.25, 0.3) is 0 Å². The Kier molecular flexibility index (Phi) is 5.36. The quantitative estimate of drug-likeness (QED) is 0.839. The summed E-state index contributed by atoms with van der Waals surface area (Å²) in [7, 11) is 2.06. The van der Waals surface area contributed by atoms with Crippen molar-refractivity contribution in [3.63, 3.8) is 0 Å². The van der Waals surface area contributed by atoms with E-state index in [1.165, 1.54) is 11.1 Å². The van der Waals surface area contributed by atoms with Gasteiger partial charge in [-0.25, -0.2) is 4.98 Å². The predicted octanol–water partition coefficient (Wildman–Crippen LogP) is 2.88. The first-order valence-corrected chi connectivity index (χ1v) is 7.44. The summed E-state index contributed by atoms with van der Waals surface area (Å²) in [5, 5.41) is 3.58. The first-order valence-electron chi connectivity index (χ1n) is 7.44. The molecule has 108 valence electrons. The molecule has 1 unspecified atom stereocenters. The Morgan fingerprint density at radius 1 is 1.30 bits per heavy atom. The molecule has 0 amide bonds. The summed E-state index contributed by atoms with van der Waals surface area (Å²) in [4.78, 5) is 4.43. The number of hydrogen-bond donors (Lipinski definition) is 1. The molecule has 0 fully saturated rings. The van der Waals surface area contributed by atoms with Gasteiger partial charge in [0.1, 0.15) is 5.82 Å². The third kappa shape index (κ3) is 3.94. The van der Waals surface area contributed by atoms with Gasteiger partial charge in [0.2, 0.25) is 0 Å². The van der Waals surface area contributed by atoms with Crippen molar-refractivity contribution in [3.05, 3.63) is 53.6 Å². The summed E-state index contributed by atoms with van der Waals surface area (Å²) in [6.07, 6.45) is 7.14. The summed E-state index contributed by atoms with van der Waals surface area (Å²) < 4.78 is 2.11. The Bertz CT molecular complexity index is 531. The van der Waals surface area contributed by atoms with Gasteiger partial charge in [0.05, 0.1) is 0 Å². The molecule has 1 N–H and O–H groups in total. The van der Waals surface area contributed by atoms with Crippen molar-refractivity contribution in [1.82, 2.24) is 14.9 Å². The Morgan fingerprint density at radius 2 is 2.10 bits per heavy atom. The second-order valence-corrected chi connectivity index (χ2v) is 5.38. The van der Waals surface area contributed by atoms with Crippen LogP contribution in [0.15, 0.2) is 36.7 Å². The SMILES string of the molecule is CCNC(CCc1ccccc1C)Cc1nccn1C. The minimum Gasteiger partial charge on any atom is -0.338 e. The van der Waals surface area contributed by atoms with Gasteiger partial charge < -0.3 is 9.88 Å². The second-order valence-electron chi connectivity index (χ2n) is 5.38. The van der Waals surface area contributed by atoms with Gasteiger partial charge in [-0.05, 0) is 37.4 Å². The topological polar surface area (TPSA) is 29.9 Å². The van der Waals surface area contributed by atoms with Crippen LogP contribution in [0.4, 0.5) is 0 Å². The van der Waals surface area contributed by atoms with E-state index in [4.69, 9.17) is 0 Å². The zero-order chi connectivity index (χ0) is 14.4. The van der Waals surface area contributed by atoms with Gasteiger partial charge in [0, 0.05) is 31.9 Å². The molecule has 0 bridgehead atoms. The van der Waals surface area contributed by atoms with Crippen molar-refractivity contribution >= 4 is 0 Å². The highest BCUT2D eigenvalue weighted by Crippen LogP contribution is 2.12. The number of benzene rings is 1. The smallest absolute Gasteiger partial charge is 0.109 e. The minimum absolute atomic E-state index is 0.487. The highest BCUT2D eigenvalue weighted by Gasteiger charge is 2.12. The van der Waals surface area contributed by atoms with Crippen LogP contribution in [0, 0.1) is 6.92 Å². The number of nitrogens with zero attached hydrogens (tertiary/aromatic N) is 2. The lowest BCUT2D eigenvalue weighted by atomic mass is 9.99. The standard InChI is InChI=1S/C17H25N3/c1-4-18-16(13-17-19-11-12-20(17)3)10-9-15-8-6-5-7-14(15)2/h5-8,11-12,16,18H,4,9-10,13H2,1-3H3. The van der Waals surface area contributed by atoms with Crippen LogP contribution in [-0.4, -0.2) is 22.1 Å². The number of imidazole rings is 1. The summed E-state index contributed by atoms with van der Waals surface area (Å²) in [6, 6.07) is 9.15. The molecule has 1 aromatic heterocycles. The van der Waals surface area contributed by atoms with Gasteiger partial charge in [-0.2, -0.15) is 0 Å². The average molecular weight is 271 g/mol. The van der Waals surface area contributed by atoms with E-state index in [2.05, 4.69) is 60.0 Å². The fourth-order valence-electron chi connectivity index (χ4n) is 2.60. The minimum atomic E-state index is 0.487. The number of nitrogens with one attached hydrogen (secondary N) is 1. The molecule has 0 saturated heterocycles. The molecule has 0 aliphatic carbocycles. The fraction of sp³-hybridized carbons (Fsp3) is 0.471. The zero-order valence-electron chi connectivity index (χ0n) is 12.8. The van der Waals surface area contributed by atoms with Gasteiger partial charge in [-0.1, -0.05) is 31.2 Å². The second kappa shape index (κ2) is 7.25. The van der Waals surface area contributed by atoms with Crippen molar-refractivity contribution in [2.45, 2.75) is 39.2 Å². The van der Waals surface area contributed by atoms with E-state index in [-0.39, 0.29) is 0 Å². The molecule has 1 atom stereocenters. The van der Waals surface area contributed by atoms with E-state index < -0.39 is 0 Å². The Labute approximate surface area is 122 Å². The van der Waals surface area contributed by atoms with Gasteiger partial charge >= 0.3 is 0 Å². The molecule has 0 radical (unpaired) electrons. The highest BCUT2D eigenvalue weighted by atomic mass is 15.0. The normalized spacial score (nSPS) is 12.6. The van der Waals surface area contributed by atoms with E-state index in [9.17, 15) is 0 Å². The van der Waals surface area contributed by atoms with Crippen molar-refractivity contribution in [1.29, 1.82) is 0 Å². The maximum absolute atomic E-state index is 4.43. The van der Waals surface area contributed by atoms with E-state index in [0.717, 1.165) is 31.6 Å². The lowest BCUT2D eigenvalue weighted by Crippen LogP contribution is -2.32. The first-order chi connectivity index (χ1) is 9.70. The molecule has 0 saturated carbocycles. The monoisotopic (exact) mass is 271 g/mol. The first kappa shape index (κ1) is 14.8. The van der Waals surface area contributed by atoms with E-state index in [0.29, 0.717) is 6.04 Å². The molecule has 3 nitrogen and oxygen atoms in total. The molecular formula is C17H25N3. The number of aromatic nitrogens is 2. The molecule has 3 heteroatoms. The van der Waals surface area contributed by atoms with Crippen molar-refractivity contribution in [2.24, 2.45) is 7.05 Å². The van der Waals surface area contributed by atoms with Crippen LogP contribution >= 0.6 is 0 Å². The van der Waals surface area contributed by atoms with Crippen molar-refractivity contribution in [3.8, 4) is 0 Å². The largest absolute Gasteiger partial charge is 0.338 e. The van der Waals surface area contributed by atoms with Gasteiger partial charge in [-0.15, -0.1) is 0 Å². The Morgan fingerprint density at radius 3 is 2.75 bits per heavy atom. The van der Waals surface area contributed by atoms with Crippen LogP contribution in [0.3, 0.4) is 0 Å². The molecule has 2 rings (SSSR count). The Balaban J connectivity index is 1.96. The number of rotatable bonds is 7. The molecule has 0 aliphatic rings. The van der Waals surface area contributed by atoms with Crippen LogP contribution in [0.25, 0.3) is 0 Å². The lowest BCUT2D eigenvalue weighted by molar-refractivity contribution is 0.476. The van der Waals surface area contributed by atoms with Crippen molar-refractivity contribution in [2.75, 3.05) is 6.54 Å². The van der Waals surface area contributed by atoms with Crippen LogP contribution < -0.4 is 5.32 Å². The molecule has 20 heavy (non-hydrogen) atoms. The molecule has 1 heterocycles. The highest BCUT2D eigenvalue weighted by molar-refractivity contribution is 5.25. The third-order valence-corrected chi connectivity index (χ3v) is 3.87. The summed E-state index contributed by atoms with van der Waals surface area (Å²) >= 11 is 0. The zero-order valence-corrected chi connectivity index (χ0v) is 12.8. The summed E-state index contributed by atoms with van der Waals surface area (Å²) in [6.45, 7) is 5.36. The van der Waals surface area contributed by atoms with E-state index in [1.807, 2.05) is 12.4 Å². The molecule has 0 spiro atoms. The fourth-order valence-corrected chi connectivity index (χ4v) is 2.60. The van der Waals surface area contributed by atoms with Crippen LogP contribution in [0.5, 0.6) is 0 Å².